The van der Waals surface area contributed by atoms with E-state index in [0.717, 1.165) is 43.5 Å². The first-order valence-corrected chi connectivity index (χ1v) is 10.4. The number of guanidine groups is 1. The number of aromatic nitrogens is 3. The van der Waals surface area contributed by atoms with Gasteiger partial charge in [0, 0.05) is 51.0 Å². The fourth-order valence-electron chi connectivity index (χ4n) is 3.92. The van der Waals surface area contributed by atoms with Gasteiger partial charge in [-0.2, -0.15) is 5.10 Å². The van der Waals surface area contributed by atoms with Gasteiger partial charge in [0.25, 0.3) is 0 Å². The summed E-state index contributed by atoms with van der Waals surface area (Å²) in [6, 6.07) is 14.9. The van der Waals surface area contributed by atoms with Crippen molar-refractivity contribution in [2.24, 2.45) is 4.99 Å². The number of hydrogen-bond donors (Lipinski definition) is 2. The minimum atomic E-state index is 0. The van der Waals surface area contributed by atoms with E-state index in [4.69, 9.17) is 0 Å². The Morgan fingerprint density at radius 3 is 2.58 bits per heavy atom. The van der Waals surface area contributed by atoms with Crippen molar-refractivity contribution in [3.63, 3.8) is 0 Å². The van der Waals surface area contributed by atoms with E-state index >= 15 is 0 Å². The molecule has 0 unspecified atom stereocenters. The predicted octanol–water partition coefficient (Wildman–Crippen LogP) is 3.60. The SMILES string of the molecule is CN=C(NCc1cccc(-c2ncn[nH]2)c1)N1CCN(c2cccc(C)c2C)CC1.I. The summed E-state index contributed by atoms with van der Waals surface area (Å²) in [5.41, 5.74) is 6.28. The Bertz CT molecular complexity index is 1010. The summed E-state index contributed by atoms with van der Waals surface area (Å²) in [6.45, 7) is 8.99. The topological polar surface area (TPSA) is 72.4 Å². The minimum absolute atomic E-state index is 0. The molecule has 1 fully saturated rings. The van der Waals surface area contributed by atoms with Crippen molar-refractivity contribution in [3.05, 3.63) is 65.5 Å². The lowest BCUT2D eigenvalue weighted by molar-refractivity contribution is 0.372. The summed E-state index contributed by atoms with van der Waals surface area (Å²) in [5, 5.41) is 10.4. The Balaban J connectivity index is 0.00000272. The number of anilines is 1. The maximum atomic E-state index is 4.51. The highest BCUT2D eigenvalue weighted by Gasteiger charge is 2.21. The van der Waals surface area contributed by atoms with Crippen LogP contribution in [0.15, 0.2) is 53.8 Å². The molecule has 0 bridgehead atoms. The first-order valence-electron chi connectivity index (χ1n) is 10.4. The van der Waals surface area contributed by atoms with Crippen molar-refractivity contribution in [1.82, 2.24) is 25.4 Å². The normalized spacial score (nSPS) is 14.4. The number of aryl methyl sites for hydroxylation is 1. The average molecular weight is 531 g/mol. The first-order chi connectivity index (χ1) is 14.7. The van der Waals surface area contributed by atoms with E-state index in [-0.39, 0.29) is 24.0 Å². The molecule has 0 radical (unpaired) electrons. The Kier molecular flexibility index (Phi) is 7.89. The number of hydrogen-bond acceptors (Lipinski definition) is 4. The molecule has 2 heterocycles. The molecule has 0 amide bonds. The molecular weight excluding hydrogens is 501 g/mol. The van der Waals surface area contributed by atoms with Gasteiger partial charge in [-0.1, -0.05) is 30.3 Å². The van der Waals surface area contributed by atoms with Crippen LogP contribution in [0.25, 0.3) is 11.4 Å². The Hall–Kier alpha value is -2.62. The summed E-state index contributed by atoms with van der Waals surface area (Å²) in [4.78, 5) is 13.6. The molecule has 7 nitrogen and oxygen atoms in total. The highest BCUT2D eigenvalue weighted by molar-refractivity contribution is 14.0. The van der Waals surface area contributed by atoms with Gasteiger partial charge in [-0.3, -0.25) is 10.1 Å². The molecular formula is C23H30IN7. The van der Waals surface area contributed by atoms with E-state index in [9.17, 15) is 0 Å². The zero-order chi connectivity index (χ0) is 20.9. The number of rotatable bonds is 4. The van der Waals surface area contributed by atoms with Gasteiger partial charge >= 0.3 is 0 Å². The quantitative estimate of drug-likeness (QED) is 0.306. The molecule has 3 aromatic rings. The predicted molar refractivity (Wildman–Crippen MR) is 137 cm³/mol. The number of nitrogens with zero attached hydrogens (tertiary/aromatic N) is 5. The molecule has 2 aromatic carbocycles. The van der Waals surface area contributed by atoms with Crippen LogP contribution in [0.3, 0.4) is 0 Å². The van der Waals surface area contributed by atoms with Crippen molar-refractivity contribution in [2.75, 3.05) is 38.1 Å². The third-order valence-electron chi connectivity index (χ3n) is 5.77. The van der Waals surface area contributed by atoms with Gasteiger partial charge in [0.2, 0.25) is 0 Å². The number of nitrogens with one attached hydrogen (secondary N) is 2. The zero-order valence-electron chi connectivity index (χ0n) is 18.3. The van der Waals surface area contributed by atoms with Crippen LogP contribution < -0.4 is 10.2 Å². The second-order valence-corrected chi connectivity index (χ2v) is 7.63. The standard InChI is InChI=1S/C23H29N7.HI/c1-17-6-4-9-21(18(17)2)29-10-12-30(13-11-29)23(24-3)25-15-19-7-5-8-20(14-19)22-26-16-27-28-22;/h4-9,14,16H,10-13,15H2,1-3H3,(H,24,25)(H,26,27,28);1H. The molecule has 31 heavy (non-hydrogen) atoms. The molecule has 0 atom stereocenters. The minimum Gasteiger partial charge on any atom is -0.368 e. The van der Waals surface area contributed by atoms with E-state index < -0.39 is 0 Å². The smallest absolute Gasteiger partial charge is 0.194 e. The molecule has 1 aromatic heterocycles. The van der Waals surface area contributed by atoms with Crippen LogP contribution in [0.5, 0.6) is 0 Å². The second-order valence-electron chi connectivity index (χ2n) is 7.63. The van der Waals surface area contributed by atoms with Gasteiger partial charge in [-0.25, -0.2) is 4.98 Å². The highest BCUT2D eigenvalue weighted by Crippen LogP contribution is 2.24. The van der Waals surface area contributed by atoms with E-state index in [0.29, 0.717) is 6.54 Å². The number of piperazine rings is 1. The zero-order valence-corrected chi connectivity index (χ0v) is 20.6. The van der Waals surface area contributed by atoms with E-state index in [1.54, 1.807) is 0 Å². The lowest BCUT2D eigenvalue weighted by Gasteiger charge is -2.38. The van der Waals surface area contributed by atoms with Crippen LogP contribution in [0, 0.1) is 13.8 Å². The number of aliphatic imine (C=N–C) groups is 1. The molecule has 0 aliphatic carbocycles. The monoisotopic (exact) mass is 531 g/mol. The van der Waals surface area contributed by atoms with Crippen molar-refractivity contribution in [1.29, 1.82) is 0 Å². The van der Waals surface area contributed by atoms with Crippen LogP contribution in [0.1, 0.15) is 16.7 Å². The van der Waals surface area contributed by atoms with Crippen molar-refractivity contribution >= 4 is 35.6 Å². The molecule has 8 heteroatoms. The largest absolute Gasteiger partial charge is 0.368 e. The summed E-state index contributed by atoms with van der Waals surface area (Å²) in [5.74, 6) is 1.73. The molecule has 1 aliphatic heterocycles. The maximum Gasteiger partial charge on any atom is 0.194 e. The molecule has 2 N–H and O–H groups in total. The summed E-state index contributed by atoms with van der Waals surface area (Å²) < 4.78 is 0. The van der Waals surface area contributed by atoms with Crippen LogP contribution in [0.2, 0.25) is 0 Å². The fourth-order valence-corrected chi connectivity index (χ4v) is 3.92. The molecule has 0 saturated carbocycles. The van der Waals surface area contributed by atoms with Gasteiger partial charge in [0.05, 0.1) is 0 Å². The van der Waals surface area contributed by atoms with Crippen LogP contribution in [0.4, 0.5) is 5.69 Å². The second kappa shape index (κ2) is 10.6. The lowest BCUT2D eigenvalue weighted by atomic mass is 10.1. The molecule has 1 aliphatic rings. The van der Waals surface area contributed by atoms with Crippen molar-refractivity contribution < 1.29 is 0 Å². The maximum absolute atomic E-state index is 4.51. The third-order valence-corrected chi connectivity index (χ3v) is 5.77. The lowest BCUT2D eigenvalue weighted by Crippen LogP contribution is -2.52. The van der Waals surface area contributed by atoms with Crippen LogP contribution >= 0.6 is 24.0 Å². The van der Waals surface area contributed by atoms with E-state index in [2.05, 4.69) is 79.5 Å². The Morgan fingerprint density at radius 1 is 1.10 bits per heavy atom. The van der Waals surface area contributed by atoms with Crippen molar-refractivity contribution in [3.8, 4) is 11.4 Å². The number of benzene rings is 2. The first kappa shape index (κ1) is 23.1. The van der Waals surface area contributed by atoms with E-state index in [1.807, 2.05) is 19.2 Å². The molecule has 4 rings (SSSR count). The fraction of sp³-hybridized carbons (Fsp3) is 0.348. The summed E-state index contributed by atoms with van der Waals surface area (Å²) in [6.07, 6.45) is 1.53. The van der Waals surface area contributed by atoms with Gasteiger partial charge in [-0.15, -0.1) is 24.0 Å². The summed E-state index contributed by atoms with van der Waals surface area (Å²) in [7, 11) is 1.85. The molecule has 164 valence electrons. The van der Waals surface area contributed by atoms with Crippen molar-refractivity contribution in [2.45, 2.75) is 20.4 Å². The molecule has 1 saturated heterocycles. The summed E-state index contributed by atoms with van der Waals surface area (Å²) >= 11 is 0. The number of aromatic amines is 1. The number of halogens is 1. The molecule has 0 spiro atoms. The van der Waals surface area contributed by atoms with Gasteiger partial charge in [-0.05, 0) is 42.7 Å². The van der Waals surface area contributed by atoms with Gasteiger partial charge in [0.15, 0.2) is 11.8 Å². The van der Waals surface area contributed by atoms with Crippen LogP contribution in [-0.4, -0.2) is 59.3 Å². The Labute approximate surface area is 201 Å². The Morgan fingerprint density at radius 2 is 1.87 bits per heavy atom. The number of H-pyrrole nitrogens is 1. The van der Waals surface area contributed by atoms with E-state index in [1.165, 1.54) is 28.7 Å². The van der Waals surface area contributed by atoms with Gasteiger partial charge in [0.1, 0.15) is 6.33 Å². The van der Waals surface area contributed by atoms with Gasteiger partial charge < -0.3 is 15.1 Å². The average Bonchev–Trinajstić information content (AvgIpc) is 3.32. The van der Waals surface area contributed by atoms with Crippen LogP contribution in [-0.2, 0) is 6.54 Å². The highest BCUT2D eigenvalue weighted by atomic mass is 127. The third kappa shape index (κ3) is 5.36.